The maximum absolute atomic E-state index is 11.6. The van der Waals surface area contributed by atoms with Crippen molar-refractivity contribution in [3.05, 3.63) is 11.8 Å². The lowest BCUT2D eigenvalue weighted by Crippen LogP contribution is -2.53. The van der Waals surface area contributed by atoms with Gasteiger partial charge in [-0.15, -0.1) is 23.5 Å². The summed E-state index contributed by atoms with van der Waals surface area (Å²) in [4.78, 5) is 24.4. The Bertz CT molecular complexity index is 329. The van der Waals surface area contributed by atoms with Crippen LogP contribution in [0, 0.1) is 0 Å². The largest absolute Gasteiger partial charge is 0.450 e. The fraction of sp³-hybridized carbons (Fsp3) is 0.556. The second-order valence-corrected chi connectivity index (χ2v) is 5.21. The lowest BCUT2D eigenvalue weighted by molar-refractivity contribution is -0.148. The summed E-state index contributed by atoms with van der Waals surface area (Å²) in [6.45, 7) is 0. The van der Waals surface area contributed by atoms with E-state index >= 15 is 0 Å². The summed E-state index contributed by atoms with van der Waals surface area (Å²) >= 11 is 3.11. The van der Waals surface area contributed by atoms with Crippen LogP contribution in [0.1, 0.15) is 6.42 Å². The molecule has 1 fully saturated rings. The standard InChI is InChI=1S/C9H11NO3S2/c1-14-5-13-9(12)6-2-3-15-8-4-7(11)10(6)8/h2,8H,3-5H2,1H3/t8-/m1/s1. The van der Waals surface area contributed by atoms with Crippen LogP contribution in [0.2, 0.25) is 0 Å². The predicted molar refractivity (Wildman–Crippen MR) is 60.3 cm³/mol. The van der Waals surface area contributed by atoms with E-state index in [2.05, 4.69) is 0 Å². The molecule has 0 bridgehead atoms. The zero-order valence-corrected chi connectivity index (χ0v) is 9.90. The summed E-state index contributed by atoms with van der Waals surface area (Å²) in [6.07, 6.45) is 4.16. The second kappa shape index (κ2) is 4.49. The number of nitrogens with zero attached hydrogens (tertiary/aromatic N) is 1. The maximum Gasteiger partial charge on any atom is 0.355 e. The van der Waals surface area contributed by atoms with Crippen molar-refractivity contribution >= 4 is 35.4 Å². The summed E-state index contributed by atoms with van der Waals surface area (Å²) < 4.78 is 4.98. The van der Waals surface area contributed by atoms with Gasteiger partial charge in [-0.2, -0.15) is 0 Å². The summed E-state index contributed by atoms with van der Waals surface area (Å²) in [6, 6.07) is 0. The van der Waals surface area contributed by atoms with E-state index in [9.17, 15) is 9.59 Å². The Kier molecular flexibility index (Phi) is 3.25. The number of hydrogen-bond donors (Lipinski definition) is 0. The topological polar surface area (TPSA) is 46.6 Å². The lowest BCUT2D eigenvalue weighted by atomic mass is 10.1. The molecule has 2 aliphatic rings. The number of carbonyl (C=O) groups is 2. The van der Waals surface area contributed by atoms with Gasteiger partial charge in [-0.1, -0.05) is 0 Å². The molecule has 2 heterocycles. The zero-order valence-electron chi connectivity index (χ0n) is 8.26. The molecule has 0 aliphatic carbocycles. The van der Waals surface area contributed by atoms with Crippen LogP contribution >= 0.6 is 23.5 Å². The second-order valence-electron chi connectivity index (χ2n) is 3.18. The van der Waals surface area contributed by atoms with Crippen LogP contribution in [0.15, 0.2) is 11.8 Å². The highest BCUT2D eigenvalue weighted by molar-refractivity contribution is 8.00. The minimum atomic E-state index is -0.386. The molecule has 0 aromatic carbocycles. The number of thioether (sulfide) groups is 2. The molecule has 15 heavy (non-hydrogen) atoms. The van der Waals surface area contributed by atoms with Crippen molar-refractivity contribution in [1.29, 1.82) is 0 Å². The summed E-state index contributed by atoms with van der Waals surface area (Å²) in [5.41, 5.74) is 0.420. The molecule has 0 unspecified atom stereocenters. The average Bonchev–Trinajstić information content (AvgIpc) is 2.23. The molecule has 2 rings (SSSR count). The molecule has 2 aliphatic heterocycles. The first-order valence-electron chi connectivity index (χ1n) is 4.54. The van der Waals surface area contributed by atoms with E-state index in [4.69, 9.17) is 4.74 Å². The molecule has 82 valence electrons. The molecule has 0 radical (unpaired) electrons. The maximum atomic E-state index is 11.6. The number of rotatable bonds is 3. The quantitative estimate of drug-likeness (QED) is 0.422. The molecule has 1 amide bonds. The van der Waals surface area contributed by atoms with Crippen LogP contribution in [0.3, 0.4) is 0 Å². The van der Waals surface area contributed by atoms with Gasteiger partial charge in [-0.05, 0) is 12.3 Å². The van der Waals surface area contributed by atoms with E-state index < -0.39 is 0 Å². The van der Waals surface area contributed by atoms with Crippen LogP contribution in [0.25, 0.3) is 0 Å². The van der Waals surface area contributed by atoms with Gasteiger partial charge in [-0.25, -0.2) is 4.79 Å². The number of β-lactam (4-membered cyclic amide) rings is 1. The third-order valence-electron chi connectivity index (χ3n) is 2.25. The monoisotopic (exact) mass is 245 g/mol. The van der Waals surface area contributed by atoms with Crippen molar-refractivity contribution in [2.75, 3.05) is 17.9 Å². The molecule has 0 spiro atoms. The first-order chi connectivity index (χ1) is 7.24. The molecule has 4 nitrogen and oxygen atoms in total. The van der Waals surface area contributed by atoms with Crippen molar-refractivity contribution in [1.82, 2.24) is 4.90 Å². The van der Waals surface area contributed by atoms with Crippen molar-refractivity contribution < 1.29 is 14.3 Å². The molecular weight excluding hydrogens is 234 g/mol. The predicted octanol–water partition coefficient (Wildman–Crippen LogP) is 1.04. The molecule has 1 atom stereocenters. The Morgan fingerprint density at radius 1 is 1.80 bits per heavy atom. The van der Waals surface area contributed by atoms with Crippen LogP contribution in [0.5, 0.6) is 0 Å². The number of fused-ring (bicyclic) bond motifs is 1. The fourth-order valence-corrected chi connectivity index (χ4v) is 2.86. The minimum Gasteiger partial charge on any atom is -0.450 e. The molecule has 0 aromatic heterocycles. The van der Waals surface area contributed by atoms with E-state index in [1.165, 1.54) is 16.7 Å². The summed E-state index contributed by atoms with van der Waals surface area (Å²) in [5.74, 6) is 0.732. The smallest absolute Gasteiger partial charge is 0.355 e. The van der Waals surface area contributed by atoms with Gasteiger partial charge in [0.1, 0.15) is 11.6 Å². The number of hydrogen-bond acceptors (Lipinski definition) is 5. The third kappa shape index (κ3) is 2.01. The zero-order chi connectivity index (χ0) is 10.8. The first-order valence-corrected chi connectivity index (χ1v) is 6.98. The van der Waals surface area contributed by atoms with Gasteiger partial charge < -0.3 is 4.74 Å². The van der Waals surface area contributed by atoms with Gasteiger partial charge >= 0.3 is 5.97 Å². The average molecular weight is 245 g/mol. The highest BCUT2D eigenvalue weighted by Gasteiger charge is 2.43. The van der Waals surface area contributed by atoms with Crippen LogP contribution < -0.4 is 0 Å². The molecule has 0 saturated carbocycles. The SMILES string of the molecule is CSCOC(=O)C1=CCS[C@@H]2CC(=O)N12. The van der Waals surface area contributed by atoms with Crippen LogP contribution in [-0.4, -0.2) is 40.1 Å². The van der Waals surface area contributed by atoms with E-state index in [0.29, 0.717) is 18.1 Å². The van der Waals surface area contributed by atoms with Gasteiger partial charge in [0, 0.05) is 5.75 Å². The Morgan fingerprint density at radius 3 is 3.27 bits per heavy atom. The van der Waals surface area contributed by atoms with Crippen molar-refractivity contribution in [2.24, 2.45) is 0 Å². The van der Waals surface area contributed by atoms with Crippen molar-refractivity contribution in [3.63, 3.8) is 0 Å². The summed E-state index contributed by atoms with van der Waals surface area (Å²) in [5, 5.41) is 0.152. The molecular formula is C9H11NO3S2. The lowest BCUT2D eigenvalue weighted by Gasteiger charge is -2.42. The Morgan fingerprint density at radius 2 is 2.60 bits per heavy atom. The van der Waals surface area contributed by atoms with Crippen molar-refractivity contribution in [2.45, 2.75) is 11.8 Å². The van der Waals surface area contributed by atoms with E-state index in [0.717, 1.165) is 5.75 Å². The summed E-state index contributed by atoms with van der Waals surface area (Å²) in [7, 11) is 0. The van der Waals surface area contributed by atoms with E-state index in [1.807, 2.05) is 6.26 Å². The highest BCUT2D eigenvalue weighted by Crippen LogP contribution is 2.37. The first kappa shape index (κ1) is 10.9. The highest BCUT2D eigenvalue weighted by atomic mass is 32.2. The molecule has 1 saturated heterocycles. The van der Waals surface area contributed by atoms with Gasteiger partial charge in [0.25, 0.3) is 0 Å². The molecule has 6 heteroatoms. The van der Waals surface area contributed by atoms with Crippen molar-refractivity contribution in [3.8, 4) is 0 Å². The normalized spacial score (nSPS) is 24.1. The number of carbonyl (C=O) groups excluding carboxylic acids is 2. The van der Waals surface area contributed by atoms with Gasteiger partial charge in [0.15, 0.2) is 0 Å². The minimum absolute atomic E-state index is 0.0135. The number of ether oxygens (including phenoxy) is 1. The Hall–Kier alpha value is -0.620. The fourth-order valence-electron chi connectivity index (χ4n) is 1.51. The molecule has 0 aromatic rings. The van der Waals surface area contributed by atoms with Crippen LogP contribution in [-0.2, 0) is 14.3 Å². The Labute approximate surface area is 96.4 Å². The number of esters is 1. The van der Waals surface area contributed by atoms with Crippen LogP contribution in [0.4, 0.5) is 0 Å². The Balaban J connectivity index is 2.03. The number of amides is 1. The van der Waals surface area contributed by atoms with Gasteiger partial charge in [-0.3, -0.25) is 9.69 Å². The third-order valence-corrected chi connectivity index (χ3v) is 3.72. The molecule has 0 N–H and O–H groups in total. The van der Waals surface area contributed by atoms with Gasteiger partial charge in [0.2, 0.25) is 5.91 Å². The van der Waals surface area contributed by atoms with E-state index in [1.54, 1.807) is 17.8 Å². The van der Waals surface area contributed by atoms with E-state index in [-0.39, 0.29) is 17.3 Å². The van der Waals surface area contributed by atoms with Gasteiger partial charge in [0.05, 0.1) is 11.8 Å².